The molecule has 0 spiro atoms. The van der Waals surface area contributed by atoms with Gasteiger partial charge in [0, 0.05) is 20.0 Å². The van der Waals surface area contributed by atoms with Gasteiger partial charge >= 0.3 is 0 Å². The number of rotatable bonds is 6. The fourth-order valence-corrected chi connectivity index (χ4v) is 2.86. The molecule has 0 radical (unpaired) electrons. The van der Waals surface area contributed by atoms with Gasteiger partial charge < -0.3 is 9.47 Å². The zero-order valence-electron chi connectivity index (χ0n) is 11.5. The quantitative estimate of drug-likeness (QED) is 0.680. The van der Waals surface area contributed by atoms with Crippen molar-refractivity contribution in [2.75, 3.05) is 13.7 Å². The molecule has 1 fully saturated rings. The fraction of sp³-hybridized carbons (Fsp3) is 1.00. The molecule has 0 aromatic rings. The maximum absolute atomic E-state index is 5.95. The highest BCUT2D eigenvalue weighted by Crippen LogP contribution is 2.46. The van der Waals surface area contributed by atoms with Crippen LogP contribution in [0, 0.1) is 5.41 Å². The standard InChI is InChI=1S/C14H28O2/c1-5-8-9-14(15-4)12-13(6-2,7-3)10-11-16-14/h5-12H2,1-4H3. The summed E-state index contributed by atoms with van der Waals surface area (Å²) in [6, 6.07) is 0. The minimum Gasteiger partial charge on any atom is -0.353 e. The number of ether oxygens (including phenoxy) is 2. The van der Waals surface area contributed by atoms with E-state index in [0.29, 0.717) is 5.41 Å². The zero-order chi connectivity index (χ0) is 12.1. The molecule has 1 rings (SSSR count). The smallest absolute Gasteiger partial charge is 0.168 e. The lowest BCUT2D eigenvalue weighted by atomic mass is 9.72. The third-order valence-corrected chi connectivity index (χ3v) is 4.43. The molecular weight excluding hydrogens is 200 g/mol. The minimum absolute atomic E-state index is 0.291. The predicted molar refractivity (Wildman–Crippen MR) is 67.5 cm³/mol. The monoisotopic (exact) mass is 228 g/mol. The van der Waals surface area contributed by atoms with E-state index in [4.69, 9.17) is 9.47 Å². The summed E-state index contributed by atoms with van der Waals surface area (Å²) in [7, 11) is 1.80. The summed E-state index contributed by atoms with van der Waals surface area (Å²) < 4.78 is 11.7. The van der Waals surface area contributed by atoms with Gasteiger partial charge in [-0.2, -0.15) is 0 Å². The topological polar surface area (TPSA) is 18.5 Å². The van der Waals surface area contributed by atoms with Gasteiger partial charge in [0.15, 0.2) is 5.79 Å². The van der Waals surface area contributed by atoms with Gasteiger partial charge in [-0.25, -0.2) is 0 Å². The Morgan fingerprint density at radius 1 is 1.19 bits per heavy atom. The van der Waals surface area contributed by atoms with E-state index in [0.717, 1.165) is 19.4 Å². The van der Waals surface area contributed by atoms with Crippen molar-refractivity contribution >= 4 is 0 Å². The average Bonchev–Trinajstić information content (AvgIpc) is 2.36. The van der Waals surface area contributed by atoms with Crippen molar-refractivity contribution in [3.63, 3.8) is 0 Å². The summed E-state index contributed by atoms with van der Waals surface area (Å²) in [5.41, 5.74) is 0.446. The van der Waals surface area contributed by atoms with Gasteiger partial charge in [0.05, 0.1) is 6.61 Å². The highest BCUT2D eigenvalue weighted by atomic mass is 16.7. The Bertz CT molecular complexity index is 199. The first-order valence-electron chi connectivity index (χ1n) is 6.85. The third kappa shape index (κ3) is 2.98. The highest BCUT2D eigenvalue weighted by molar-refractivity contribution is 4.88. The minimum atomic E-state index is -0.291. The van der Waals surface area contributed by atoms with Crippen LogP contribution in [0.4, 0.5) is 0 Å². The van der Waals surface area contributed by atoms with Crippen molar-refractivity contribution in [3.05, 3.63) is 0 Å². The number of methoxy groups -OCH3 is 1. The van der Waals surface area contributed by atoms with Crippen molar-refractivity contribution in [3.8, 4) is 0 Å². The molecule has 0 bridgehead atoms. The van der Waals surface area contributed by atoms with E-state index >= 15 is 0 Å². The van der Waals surface area contributed by atoms with Crippen LogP contribution in [0.1, 0.15) is 65.7 Å². The summed E-state index contributed by atoms with van der Waals surface area (Å²) in [4.78, 5) is 0. The Morgan fingerprint density at radius 3 is 2.38 bits per heavy atom. The van der Waals surface area contributed by atoms with Crippen molar-refractivity contribution in [1.82, 2.24) is 0 Å². The van der Waals surface area contributed by atoms with E-state index in [1.165, 1.54) is 32.1 Å². The summed E-state index contributed by atoms with van der Waals surface area (Å²) in [5, 5.41) is 0. The lowest BCUT2D eigenvalue weighted by Gasteiger charge is -2.46. The van der Waals surface area contributed by atoms with Crippen LogP contribution in [-0.2, 0) is 9.47 Å². The lowest BCUT2D eigenvalue weighted by Crippen LogP contribution is -2.46. The van der Waals surface area contributed by atoms with E-state index in [9.17, 15) is 0 Å². The van der Waals surface area contributed by atoms with Crippen molar-refractivity contribution < 1.29 is 9.47 Å². The molecule has 0 aliphatic carbocycles. The zero-order valence-corrected chi connectivity index (χ0v) is 11.5. The van der Waals surface area contributed by atoms with Gasteiger partial charge in [-0.3, -0.25) is 0 Å². The van der Waals surface area contributed by atoms with Crippen molar-refractivity contribution in [2.24, 2.45) is 5.41 Å². The molecule has 16 heavy (non-hydrogen) atoms. The van der Waals surface area contributed by atoms with E-state index in [-0.39, 0.29) is 5.79 Å². The molecule has 2 heteroatoms. The Labute approximate surface area is 101 Å². The van der Waals surface area contributed by atoms with Gasteiger partial charge in [-0.05, 0) is 18.3 Å². The average molecular weight is 228 g/mol. The highest BCUT2D eigenvalue weighted by Gasteiger charge is 2.43. The first-order valence-corrected chi connectivity index (χ1v) is 6.85. The van der Waals surface area contributed by atoms with Gasteiger partial charge in [0.25, 0.3) is 0 Å². The number of hydrogen-bond donors (Lipinski definition) is 0. The van der Waals surface area contributed by atoms with Crippen LogP contribution < -0.4 is 0 Å². The molecule has 0 N–H and O–H groups in total. The Kier molecular flexibility index (Phi) is 5.26. The van der Waals surface area contributed by atoms with Gasteiger partial charge in [-0.1, -0.05) is 40.0 Å². The van der Waals surface area contributed by atoms with Gasteiger partial charge in [0.2, 0.25) is 0 Å². The van der Waals surface area contributed by atoms with Crippen molar-refractivity contribution in [2.45, 2.75) is 71.5 Å². The molecule has 1 atom stereocenters. The lowest BCUT2D eigenvalue weighted by molar-refractivity contribution is -0.271. The van der Waals surface area contributed by atoms with E-state index in [1.807, 2.05) is 0 Å². The number of hydrogen-bond acceptors (Lipinski definition) is 2. The molecule has 1 aliphatic rings. The number of unbranched alkanes of at least 4 members (excludes halogenated alkanes) is 1. The molecule has 2 nitrogen and oxygen atoms in total. The molecule has 0 aromatic heterocycles. The summed E-state index contributed by atoms with van der Waals surface area (Å²) in [6.07, 6.45) is 8.19. The maximum Gasteiger partial charge on any atom is 0.168 e. The predicted octanol–water partition coefficient (Wildman–Crippen LogP) is 4.14. The SMILES string of the molecule is CCCCC1(OC)CC(CC)(CC)CCO1. The molecule has 1 unspecified atom stereocenters. The van der Waals surface area contributed by atoms with E-state index in [1.54, 1.807) is 7.11 Å². The summed E-state index contributed by atoms with van der Waals surface area (Å²) >= 11 is 0. The summed E-state index contributed by atoms with van der Waals surface area (Å²) in [5.74, 6) is -0.291. The first-order chi connectivity index (χ1) is 7.66. The molecule has 0 amide bonds. The second-order valence-electron chi connectivity index (χ2n) is 5.20. The van der Waals surface area contributed by atoms with Crippen LogP contribution in [0.2, 0.25) is 0 Å². The van der Waals surface area contributed by atoms with E-state index < -0.39 is 0 Å². The third-order valence-electron chi connectivity index (χ3n) is 4.43. The Morgan fingerprint density at radius 2 is 1.88 bits per heavy atom. The fourth-order valence-electron chi connectivity index (χ4n) is 2.86. The molecule has 0 saturated carbocycles. The first kappa shape index (κ1) is 14.0. The van der Waals surface area contributed by atoms with Crippen molar-refractivity contribution in [1.29, 1.82) is 0 Å². The molecule has 1 heterocycles. The molecule has 1 saturated heterocycles. The molecule has 96 valence electrons. The largest absolute Gasteiger partial charge is 0.353 e. The summed E-state index contributed by atoms with van der Waals surface area (Å²) in [6.45, 7) is 7.68. The molecule has 1 aliphatic heterocycles. The second-order valence-corrected chi connectivity index (χ2v) is 5.20. The second kappa shape index (κ2) is 6.02. The maximum atomic E-state index is 5.95. The molecular formula is C14H28O2. The van der Waals surface area contributed by atoms with Gasteiger partial charge in [0.1, 0.15) is 0 Å². The molecule has 0 aromatic carbocycles. The van der Waals surface area contributed by atoms with Crippen LogP contribution in [0.5, 0.6) is 0 Å². The van der Waals surface area contributed by atoms with Crippen LogP contribution in [0.15, 0.2) is 0 Å². The Balaban J connectivity index is 2.70. The van der Waals surface area contributed by atoms with Gasteiger partial charge in [-0.15, -0.1) is 0 Å². The van der Waals surface area contributed by atoms with Crippen LogP contribution >= 0.6 is 0 Å². The van der Waals surface area contributed by atoms with Crippen LogP contribution in [0.25, 0.3) is 0 Å². The van der Waals surface area contributed by atoms with Crippen LogP contribution in [0.3, 0.4) is 0 Å². The normalized spacial score (nSPS) is 29.2. The Hall–Kier alpha value is -0.0800. The van der Waals surface area contributed by atoms with E-state index in [2.05, 4.69) is 20.8 Å². The van der Waals surface area contributed by atoms with Crippen LogP contribution in [-0.4, -0.2) is 19.5 Å².